The summed E-state index contributed by atoms with van der Waals surface area (Å²) in [6.07, 6.45) is 1.93. The molecule has 13 heavy (non-hydrogen) atoms. The lowest BCUT2D eigenvalue weighted by Crippen LogP contribution is -2.38. The van der Waals surface area contributed by atoms with Gasteiger partial charge < -0.3 is 9.64 Å². The van der Waals surface area contributed by atoms with E-state index in [2.05, 4.69) is 13.0 Å². The van der Waals surface area contributed by atoms with Crippen molar-refractivity contribution in [3.05, 3.63) is 11.6 Å². The van der Waals surface area contributed by atoms with Crippen LogP contribution in [0.1, 0.15) is 20.8 Å². The Morgan fingerprint density at radius 1 is 1.69 bits per heavy atom. The second-order valence-corrected chi connectivity index (χ2v) is 3.73. The van der Waals surface area contributed by atoms with Crippen LogP contribution in [0, 0.1) is 5.92 Å². The molecule has 0 bridgehead atoms. The first-order valence-electron chi connectivity index (χ1n) is 4.59. The molecule has 0 spiro atoms. The predicted octanol–water partition coefficient (Wildman–Crippen LogP) is 2.04. The Bertz CT molecular complexity index is 233. The third-order valence-electron chi connectivity index (χ3n) is 2.37. The van der Waals surface area contributed by atoms with Gasteiger partial charge in [-0.1, -0.05) is 11.6 Å². The first-order valence-corrected chi connectivity index (χ1v) is 4.59. The van der Waals surface area contributed by atoms with Crippen LogP contribution in [0.15, 0.2) is 11.6 Å². The number of nitrogens with zero attached hydrogens (tertiary/aromatic N) is 1. The summed E-state index contributed by atoms with van der Waals surface area (Å²) in [4.78, 5) is 13.1. The molecule has 0 aliphatic heterocycles. The van der Waals surface area contributed by atoms with Crippen LogP contribution in [0.5, 0.6) is 0 Å². The number of hydrogen-bond acceptors (Lipinski definition) is 2. The fourth-order valence-corrected chi connectivity index (χ4v) is 1.29. The van der Waals surface area contributed by atoms with E-state index in [9.17, 15) is 4.79 Å². The number of methoxy groups -OCH3 is 1. The third-order valence-corrected chi connectivity index (χ3v) is 2.37. The van der Waals surface area contributed by atoms with Crippen molar-refractivity contribution in [3.8, 4) is 0 Å². The molecule has 0 saturated carbocycles. The molecule has 3 heteroatoms. The molecule has 0 radical (unpaired) electrons. The van der Waals surface area contributed by atoms with Gasteiger partial charge in [0.05, 0.1) is 7.11 Å². The quantitative estimate of drug-likeness (QED) is 0.627. The third kappa shape index (κ3) is 2.47. The smallest absolute Gasteiger partial charge is 0.409 e. The van der Waals surface area contributed by atoms with Crippen LogP contribution in [0.25, 0.3) is 0 Å². The van der Waals surface area contributed by atoms with Crippen LogP contribution in [0.2, 0.25) is 0 Å². The first-order chi connectivity index (χ1) is 6.06. The summed E-state index contributed by atoms with van der Waals surface area (Å²) in [5.41, 5.74) is 1.37. The van der Waals surface area contributed by atoms with Gasteiger partial charge in [0.2, 0.25) is 0 Å². The van der Waals surface area contributed by atoms with Crippen molar-refractivity contribution < 1.29 is 9.53 Å². The topological polar surface area (TPSA) is 29.5 Å². The van der Waals surface area contributed by atoms with Gasteiger partial charge in [0.15, 0.2) is 0 Å². The summed E-state index contributed by atoms with van der Waals surface area (Å²) in [5, 5.41) is 0. The standard InChI is InChI=1S/C10H17NO2/c1-7(2)11(10(12)13-4)6-9-5-8(9)3/h5,7,9H,6H2,1-4H3. The number of rotatable bonds is 3. The molecule has 0 N–H and O–H groups in total. The van der Waals surface area contributed by atoms with Gasteiger partial charge in [0.25, 0.3) is 0 Å². The molecule has 0 heterocycles. The Labute approximate surface area is 79.4 Å². The molecule has 74 valence electrons. The average Bonchev–Trinajstić information content (AvgIpc) is 2.76. The molecule has 1 aliphatic carbocycles. The minimum atomic E-state index is -0.233. The average molecular weight is 183 g/mol. The van der Waals surface area contributed by atoms with Gasteiger partial charge in [0.1, 0.15) is 0 Å². The highest BCUT2D eigenvalue weighted by Gasteiger charge is 2.27. The van der Waals surface area contributed by atoms with Gasteiger partial charge >= 0.3 is 6.09 Å². The maximum Gasteiger partial charge on any atom is 0.409 e. The van der Waals surface area contributed by atoms with Crippen LogP contribution in [-0.2, 0) is 4.74 Å². The van der Waals surface area contributed by atoms with Crippen molar-refractivity contribution in [2.45, 2.75) is 26.8 Å². The van der Waals surface area contributed by atoms with Gasteiger partial charge in [0, 0.05) is 18.5 Å². The molecule has 3 nitrogen and oxygen atoms in total. The number of carbonyl (C=O) groups excluding carboxylic acids is 1. The van der Waals surface area contributed by atoms with Crippen molar-refractivity contribution in [2.75, 3.05) is 13.7 Å². The lowest BCUT2D eigenvalue weighted by molar-refractivity contribution is 0.110. The summed E-state index contributed by atoms with van der Waals surface area (Å²) in [5.74, 6) is 0.487. The number of carbonyl (C=O) groups is 1. The molecular weight excluding hydrogens is 166 g/mol. The van der Waals surface area contributed by atoms with E-state index < -0.39 is 0 Å². The van der Waals surface area contributed by atoms with Crippen LogP contribution < -0.4 is 0 Å². The highest BCUT2D eigenvalue weighted by atomic mass is 16.5. The summed E-state index contributed by atoms with van der Waals surface area (Å²) in [6.45, 7) is 6.83. The summed E-state index contributed by atoms with van der Waals surface area (Å²) in [6, 6.07) is 0.203. The molecule has 1 rings (SSSR count). The SMILES string of the molecule is COC(=O)N(CC1C=C1C)C(C)C. The summed E-state index contributed by atoms with van der Waals surface area (Å²) < 4.78 is 4.70. The van der Waals surface area contributed by atoms with Crippen molar-refractivity contribution in [1.82, 2.24) is 4.90 Å². The second-order valence-electron chi connectivity index (χ2n) is 3.73. The fraction of sp³-hybridized carbons (Fsp3) is 0.700. The lowest BCUT2D eigenvalue weighted by atomic mass is 10.2. The Hall–Kier alpha value is -0.990. The monoisotopic (exact) mass is 183 g/mol. The van der Waals surface area contributed by atoms with E-state index >= 15 is 0 Å². The second kappa shape index (κ2) is 3.81. The number of hydrogen-bond donors (Lipinski definition) is 0. The van der Waals surface area contributed by atoms with Crippen molar-refractivity contribution in [2.24, 2.45) is 5.92 Å². The molecule has 0 aromatic heterocycles. The highest BCUT2D eigenvalue weighted by molar-refractivity contribution is 5.68. The Balaban J connectivity index is 2.43. The molecule has 1 aliphatic rings. The molecule has 1 amide bonds. The van der Waals surface area contributed by atoms with Gasteiger partial charge in [-0.3, -0.25) is 0 Å². The van der Waals surface area contributed by atoms with E-state index in [1.165, 1.54) is 12.7 Å². The molecule has 0 aromatic rings. The lowest BCUT2D eigenvalue weighted by Gasteiger charge is -2.25. The molecule has 0 fully saturated rings. The van der Waals surface area contributed by atoms with Crippen LogP contribution >= 0.6 is 0 Å². The first kappa shape index (κ1) is 10.1. The van der Waals surface area contributed by atoms with Crippen LogP contribution in [0.3, 0.4) is 0 Å². The number of ether oxygens (including phenoxy) is 1. The van der Waals surface area contributed by atoms with E-state index in [4.69, 9.17) is 4.74 Å². The minimum Gasteiger partial charge on any atom is -0.453 e. The van der Waals surface area contributed by atoms with E-state index in [1.807, 2.05) is 13.8 Å². The zero-order chi connectivity index (χ0) is 10.0. The van der Waals surface area contributed by atoms with Crippen molar-refractivity contribution in [3.63, 3.8) is 0 Å². The maximum atomic E-state index is 11.3. The molecule has 1 atom stereocenters. The van der Waals surface area contributed by atoms with Gasteiger partial charge in [-0.15, -0.1) is 0 Å². The number of amides is 1. The van der Waals surface area contributed by atoms with Crippen molar-refractivity contribution in [1.29, 1.82) is 0 Å². The predicted molar refractivity (Wildman–Crippen MR) is 51.5 cm³/mol. The Morgan fingerprint density at radius 2 is 2.23 bits per heavy atom. The van der Waals surface area contributed by atoms with Gasteiger partial charge in [-0.05, 0) is 20.8 Å². The van der Waals surface area contributed by atoms with E-state index in [0.717, 1.165) is 6.54 Å². The zero-order valence-electron chi connectivity index (χ0n) is 8.70. The van der Waals surface area contributed by atoms with Crippen LogP contribution in [0.4, 0.5) is 4.79 Å². The largest absolute Gasteiger partial charge is 0.453 e. The minimum absolute atomic E-state index is 0.203. The summed E-state index contributed by atoms with van der Waals surface area (Å²) >= 11 is 0. The molecule has 0 aromatic carbocycles. The van der Waals surface area contributed by atoms with Crippen molar-refractivity contribution >= 4 is 6.09 Å². The highest BCUT2D eigenvalue weighted by Crippen LogP contribution is 2.29. The molecular formula is C10H17NO2. The van der Waals surface area contributed by atoms with E-state index in [1.54, 1.807) is 4.90 Å². The summed E-state index contributed by atoms with van der Waals surface area (Å²) in [7, 11) is 1.42. The van der Waals surface area contributed by atoms with Gasteiger partial charge in [-0.25, -0.2) is 4.79 Å². The van der Waals surface area contributed by atoms with E-state index in [-0.39, 0.29) is 12.1 Å². The molecule has 1 unspecified atom stereocenters. The maximum absolute atomic E-state index is 11.3. The zero-order valence-corrected chi connectivity index (χ0v) is 8.70. The van der Waals surface area contributed by atoms with E-state index in [0.29, 0.717) is 5.92 Å². The normalized spacial score (nSPS) is 19.8. The van der Waals surface area contributed by atoms with Crippen LogP contribution in [-0.4, -0.2) is 30.7 Å². The van der Waals surface area contributed by atoms with Gasteiger partial charge in [-0.2, -0.15) is 0 Å². The molecule has 0 saturated heterocycles. The Morgan fingerprint density at radius 3 is 2.54 bits per heavy atom. The Kier molecular flexibility index (Phi) is 2.96. The fourth-order valence-electron chi connectivity index (χ4n) is 1.29.